The summed E-state index contributed by atoms with van der Waals surface area (Å²) in [5, 5.41) is 9.52. The molecule has 1 aliphatic heterocycles. The maximum absolute atomic E-state index is 12.3. The Morgan fingerprint density at radius 3 is 2.45 bits per heavy atom. The van der Waals surface area contributed by atoms with E-state index in [0.717, 1.165) is 54.1 Å². The lowest BCUT2D eigenvalue weighted by Gasteiger charge is -2.21. The molecule has 7 heteroatoms. The SMILES string of the molecule is COc1ccc(-c2cnc(Nc3ccc(CNC(=O)C4CCCNC4)cc3)nc2)cc1. The van der Waals surface area contributed by atoms with Crippen LogP contribution in [0.2, 0.25) is 0 Å². The molecule has 3 N–H and O–H groups in total. The van der Waals surface area contributed by atoms with Gasteiger partial charge in [-0.1, -0.05) is 24.3 Å². The predicted octanol–water partition coefficient (Wildman–Crippen LogP) is 3.51. The van der Waals surface area contributed by atoms with Gasteiger partial charge in [0.2, 0.25) is 11.9 Å². The number of benzene rings is 2. The summed E-state index contributed by atoms with van der Waals surface area (Å²) >= 11 is 0. The minimum Gasteiger partial charge on any atom is -0.497 e. The Kier molecular flexibility index (Phi) is 6.74. The Hall–Kier alpha value is -3.45. The molecule has 1 atom stereocenters. The molecule has 1 saturated heterocycles. The van der Waals surface area contributed by atoms with Gasteiger partial charge in [-0.25, -0.2) is 9.97 Å². The summed E-state index contributed by atoms with van der Waals surface area (Å²) in [4.78, 5) is 21.1. The molecule has 0 radical (unpaired) electrons. The normalized spacial score (nSPS) is 15.8. The Bertz CT molecular complexity index is 982. The molecule has 1 aromatic heterocycles. The van der Waals surface area contributed by atoms with Crippen molar-refractivity contribution in [3.63, 3.8) is 0 Å². The van der Waals surface area contributed by atoms with Crippen LogP contribution >= 0.6 is 0 Å². The molecule has 1 aliphatic rings. The second-order valence-corrected chi connectivity index (χ2v) is 7.61. The van der Waals surface area contributed by atoms with E-state index in [1.54, 1.807) is 19.5 Å². The van der Waals surface area contributed by atoms with E-state index in [1.807, 2.05) is 48.5 Å². The summed E-state index contributed by atoms with van der Waals surface area (Å²) in [5.74, 6) is 1.55. The predicted molar refractivity (Wildman–Crippen MR) is 121 cm³/mol. The number of nitrogens with zero attached hydrogens (tertiary/aromatic N) is 2. The first-order chi connectivity index (χ1) is 15.2. The number of hydrogen-bond donors (Lipinski definition) is 3. The zero-order valence-corrected chi connectivity index (χ0v) is 17.6. The standard InChI is InChI=1S/C24H27N5O2/c1-31-22-10-6-18(7-11-22)20-15-27-24(28-16-20)29-21-8-4-17(5-9-21)13-26-23(30)19-3-2-12-25-14-19/h4-11,15-16,19,25H,2-3,12-14H2,1H3,(H,26,30)(H,27,28,29). The fraction of sp³-hybridized carbons (Fsp3) is 0.292. The van der Waals surface area contributed by atoms with E-state index in [4.69, 9.17) is 4.74 Å². The van der Waals surface area contributed by atoms with Crippen LogP contribution in [0.25, 0.3) is 11.1 Å². The minimum atomic E-state index is 0.0766. The van der Waals surface area contributed by atoms with Crippen LogP contribution in [0.5, 0.6) is 5.75 Å². The highest BCUT2D eigenvalue weighted by molar-refractivity contribution is 5.79. The summed E-state index contributed by atoms with van der Waals surface area (Å²) in [7, 11) is 1.65. The molecule has 2 aromatic carbocycles. The van der Waals surface area contributed by atoms with Gasteiger partial charge in [0.05, 0.1) is 13.0 Å². The van der Waals surface area contributed by atoms with Crippen molar-refractivity contribution in [3.8, 4) is 16.9 Å². The molecule has 1 unspecified atom stereocenters. The first-order valence-electron chi connectivity index (χ1n) is 10.5. The largest absolute Gasteiger partial charge is 0.497 e. The summed E-state index contributed by atoms with van der Waals surface area (Å²) in [6.07, 6.45) is 5.60. The van der Waals surface area contributed by atoms with Crippen molar-refractivity contribution >= 4 is 17.5 Å². The van der Waals surface area contributed by atoms with Crippen molar-refractivity contribution in [1.82, 2.24) is 20.6 Å². The molecule has 4 rings (SSSR count). The third-order valence-corrected chi connectivity index (χ3v) is 5.42. The van der Waals surface area contributed by atoms with Gasteiger partial charge in [-0.2, -0.15) is 0 Å². The highest BCUT2D eigenvalue weighted by Crippen LogP contribution is 2.22. The fourth-order valence-corrected chi connectivity index (χ4v) is 3.57. The van der Waals surface area contributed by atoms with Crippen LogP contribution in [-0.4, -0.2) is 36.1 Å². The van der Waals surface area contributed by atoms with Crippen LogP contribution in [0.3, 0.4) is 0 Å². The van der Waals surface area contributed by atoms with E-state index in [9.17, 15) is 4.79 Å². The van der Waals surface area contributed by atoms with Crippen molar-refractivity contribution in [2.24, 2.45) is 5.92 Å². The smallest absolute Gasteiger partial charge is 0.227 e. The maximum atomic E-state index is 12.3. The van der Waals surface area contributed by atoms with E-state index >= 15 is 0 Å². The molecule has 1 amide bonds. The number of methoxy groups -OCH3 is 1. The number of piperidine rings is 1. The van der Waals surface area contributed by atoms with E-state index in [-0.39, 0.29) is 11.8 Å². The van der Waals surface area contributed by atoms with E-state index < -0.39 is 0 Å². The fourth-order valence-electron chi connectivity index (χ4n) is 3.57. The molecule has 160 valence electrons. The second-order valence-electron chi connectivity index (χ2n) is 7.61. The first kappa shape index (κ1) is 20.8. The van der Waals surface area contributed by atoms with Gasteiger partial charge in [0, 0.05) is 36.7 Å². The monoisotopic (exact) mass is 417 g/mol. The average Bonchev–Trinajstić information content (AvgIpc) is 2.84. The van der Waals surface area contributed by atoms with Crippen molar-refractivity contribution in [2.75, 3.05) is 25.5 Å². The van der Waals surface area contributed by atoms with Crippen LogP contribution in [0.4, 0.5) is 11.6 Å². The van der Waals surface area contributed by atoms with Crippen molar-refractivity contribution in [2.45, 2.75) is 19.4 Å². The Morgan fingerprint density at radius 2 is 1.81 bits per heavy atom. The number of ether oxygens (including phenoxy) is 1. The zero-order chi connectivity index (χ0) is 21.5. The number of anilines is 2. The lowest BCUT2D eigenvalue weighted by molar-refractivity contribution is -0.125. The Balaban J connectivity index is 1.30. The molecule has 1 fully saturated rings. The number of carbonyl (C=O) groups is 1. The first-order valence-corrected chi connectivity index (χ1v) is 10.5. The number of amides is 1. The number of nitrogens with one attached hydrogen (secondary N) is 3. The van der Waals surface area contributed by atoms with E-state index in [0.29, 0.717) is 12.5 Å². The third-order valence-electron chi connectivity index (χ3n) is 5.42. The Morgan fingerprint density at radius 1 is 1.06 bits per heavy atom. The molecular weight excluding hydrogens is 390 g/mol. The van der Waals surface area contributed by atoms with Gasteiger partial charge >= 0.3 is 0 Å². The third kappa shape index (κ3) is 5.58. The number of carbonyl (C=O) groups excluding carboxylic acids is 1. The summed E-state index contributed by atoms with van der Waals surface area (Å²) in [6.45, 7) is 2.31. The zero-order valence-electron chi connectivity index (χ0n) is 17.6. The second kappa shape index (κ2) is 10.0. The number of aromatic nitrogens is 2. The summed E-state index contributed by atoms with van der Waals surface area (Å²) in [5.41, 5.74) is 3.91. The van der Waals surface area contributed by atoms with Crippen molar-refractivity contribution < 1.29 is 9.53 Å². The summed E-state index contributed by atoms with van der Waals surface area (Å²) in [6, 6.07) is 15.7. The quantitative estimate of drug-likeness (QED) is 0.545. The lowest BCUT2D eigenvalue weighted by Crippen LogP contribution is -2.40. The molecule has 2 heterocycles. The van der Waals surface area contributed by atoms with Crippen LogP contribution in [-0.2, 0) is 11.3 Å². The van der Waals surface area contributed by atoms with E-state index in [1.165, 1.54) is 0 Å². The average molecular weight is 418 g/mol. The molecule has 0 bridgehead atoms. The van der Waals surface area contributed by atoms with Crippen molar-refractivity contribution in [1.29, 1.82) is 0 Å². The van der Waals surface area contributed by atoms with Gasteiger partial charge in [0.15, 0.2) is 0 Å². The molecule has 0 saturated carbocycles. The maximum Gasteiger partial charge on any atom is 0.227 e. The molecule has 0 aliphatic carbocycles. The van der Waals surface area contributed by atoms with Gasteiger partial charge in [-0.05, 0) is 54.8 Å². The topological polar surface area (TPSA) is 88.2 Å². The highest BCUT2D eigenvalue weighted by Gasteiger charge is 2.20. The molecule has 3 aromatic rings. The minimum absolute atomic E-state index is 0.0766. The van der Waals surface area contributed by atoms with Crippen LogP contribution < -0.4 is 20.7 Å². The highest BCUT2D eigenvalue weighted by atomic mass is 16.5. The molecule has 7 nitrogen and oxygen atoms in total. The van der Waals surface area contributed by atoms with Crippen LogP contribution in [0.15, 0.2) is 60.9 Å². The Labute approximate surface area is 182 Å². The molecule has 31 heavy (non-hydrogen) atoms. The number of rotatable bonds is 7. The van der Waals surface area contributed by atoms with Gasteiger partial charge in [0.1, 0.15) is 5.75 Å². The van der Waals surface area contributed by atoms with Crippen molar-refractivity contribution in [3.05, 3.63) is 66.5 Å². The van der Waals surface area contributed by atoms with Crippen LogP contribution in [0, 0.1) is 5.92 Å². The van der Waals surface area contributed by atoms with Gasteiger partial charge in [-0.3, -0.25) is 4.79 Å². The van der Waals surface area contributed by atoms with E-state index in [2.05, 4.69) is 25.9 Å². The number of hydrogen-bond acceptors (Lipinski definition) is 6. The molecular formula is C24H27N5O2. The molecule has 0 spiro atoms. The van der Waals surface area contributed by atoms with Gasteiger partial charge in [0.25, 0.3) is 0 Å². The van der Waals surface area contributed by atoms with Gasteiger partial charge < -0.3 is 20.7 Å². The van der Waals surface area contributed by atoms with Gasteiger partial charge in [-0.15, -0.1) is 0 Å². The summed E-state index contributed by atoms with van der Waals surface area (Å²) < 4.78 is 5.19. The van der Waals surface area contributed by atoms with Crippen LogP contribution in [0.1, 0.15) is 18.4 Å². The lowest BCUT2D eigenvalue weighted by atomic mass is 9.99.